The third-order valence-electron chi connectivity index (χ3n) is 4.14. The Morgan fingerprint density at radius 3 is 2.75 bits per heavy atom. The first-order valence-electron chi connectivity index (χ1n) is 7.45. The fourth-order valence-corrected chi connectivity index (χ4v) is 2.83. The number of aryl methyl sites for hydroxylation is 1. The summed E-state index contributed by atoms with van der Waals surface area (Å²) in [5.74, 6) is 1.43. The highest BCUT2D eigenvalue weighted by atomic mass is 16.1. The van der Waals surface area contributed by atoms with Crippen molar-refractivity contribution < 1.29 is 4.79 Å². The lowest BCUT2D eigenvalue weighted by Crippen LogP contribution is -2.36. The Bertz CT molecular complexity index is 437. The third-order valence-corrected chi connectivity index (χ3v) is 4.14. The van der Waals surface area contributed by atoms with Crippen molar-refractivity contribution in [1.82, 2.24) is 25.0 Å². The Balaban J connectivity index is 1.77. The van der Waals surface area contributed by atoms with Gasteiger partial charge in [0.1, 0.15) is 12.2 Å². The molecule has 2 heterocycles. The normalized spacial score (nSPS) is 18.9. The molecule has 1 amide bonds. The van der Waals surface area contributed by atoms with Gasteiger partial charge in [-0.05, 0) is 45.3 Å². The number of hydrogen-bond acceptors (Lipinski definition) is 4. The van der Waals surface area contributed by atoms with Gasteiger partial charge in [0.15, 0.2) is 0 Å². The number of nitrogens with zero attached hydrogens (tertiary/aromatic N) is 4. The minimum absolute atomic E-state index is 0.0919. The molecule has 1 aromatic rings. The van der Waals surface area contributed by atoms with Crippen molar-refractivity contribution in [2.75, 3.05) is 19.6 Å². The van der Waals surface area contributed by atoms with Crippen molar-refractivity contribution in [3.63, 3.8) is 0 Å². The van der Waals surface area contributed by atoms with Crippen LogP contribution in [0.15, 0.2) is 6.33 Å². The van der Waals surface area contributed by atoms with Gasteiger partial charge in [-0.2, -0.15) is 5.10 Å². The van der Waals surface area contributed by atoms with Gasteiger partial charge in [-0.1, -0.05) is 6.92 Å². The molecule has 0 bridgehead atoms. The van der Waals surface area contributed by atoms with E-state index in [1.165, 1.54) is 6.33 Å². The molecule has 1 aliphatic rings. The maximum atomic E-state index is 12.1. The fraction of sp³-hybridized carbons (Fsp3) is 0.786. The van der Waals surface area contributed by atoms with Gasteiger partial charge in [-0.3, -0.25) is 9.48 Å². The van der Waals surface area contributed by atoms with Gasteiger partial charge in [0, 0.05) is 13.5 Å². The zero-order valence-corrected chi connectivity index (χ0v) is 12.7. The highest BCUT2D eigenvalue weighted by Crippen LogP contribution is 2.20. The van der Waals surface area contributed by atoms with Gasteiger partial charge in [0.05, 0.1) is 6.04 Å². The summed E-state index contributed by atoms with van der Waals surface area (Å²) >= 11 is 0. The molecule has 0 aromatic carbocycles. The van der Waals surface area contributed by atoms with Crippen LogP contribution in [-0.2, 0) is 11.8 Å². The Labute approximate surface area is 120 Å². The summed E-state index contributed by atoms with van der Waals surface area (Å²) in [5.41, 5.74) is 0. The predicted molar refractivity (Wildman–Crippen MR) is 77.0 cm³/mol. The van der Waals surface area contributed by atoms with E-state index in [1.807, 2.05) is 14.0 Å². The van der Waals surface area contributed by atoms with Crippen molar-refractivity contribution in [1.29, 1.82) is 0 Å². The minimum atomic E-state index is -0.0919. The molecule has 0 radical (unpaired) electrons. The molecule has 0 unspecified atom stereocenters. The minimum Gasteiger partial charge on any atom is -0.346 e. The van der Waals surface area contributed by atoms with E-state index in [2.05, 4.69) is 27.2 Å². The van der Waals surface area contributed by atoms with Gasteiger partial charge < -0.3 is 10.2 Å². The molecule has 1 saturated heterocycles. The van der Waals surface area contributed by atoms with Crippen LogP contribution in [0.5, 0.6) is 0 Å². The molecule has 1 aliphatic heterocycles. The standard InChI is InChI=1S/C14H25N5O/c1-4-19-7-5-12(6-8-19)9-13(20)17-11(2)14-15-10-16-18(14)3/h10-12H,4-9H2,1-3H3,(H,17,20)/t11-/m1/s1. The summed E-state index contributed by atoms with van der Waals surface area (Å²) in [6.45, 7) is 7.49. The second kappa shape index (κ2) is 6.83. The lowest BCUT2D eigenvalue weighted by Gasteiger charge is -2.30. The van der Waals surface area contributed by atoms with Crippen molar-refractivity contribution in [2.45, 2.75) is 39.2 Å². The number of aromatic nitrogens is 3. The molecule has 1 N–H and O–H groups in total. The summed E-state index contributed by atoms with van der Waals surface area (Å²) in [5, 5.41) is 7.05. The topological polar surface area (TPSA) is 63.1 Å². The zero-order chi connectivity index (χ0) is 14.5. The molecule has 0 spiro atoms. The number of amides is 1. The largest absolute Gasteiger partial charge is 0.346 e. The third kappa shape index (κ3) is 3.79. The number of carbonyl (C=O) groups is 1. The lowest BCUT2D eigenvalue weighted by molar-refractivity contribution is -0.123. The number of carbonyl (C=O) groups excluding carboxylic acids is 1. The number of likely N-dealkylation sites (tertiary alicyclic amines) is 1. The monoisotopic (exact) mass is 279 g/mol. The summed E-state index contributed by atoms with van der Waals surface area (Å²) < 4.78 is 1.70. The van der Waals surface area contributed by atoms with E-state index in [-0.39, 0.29) is 11.9 Å². The number of piperidine rings is 1. The van der Waals surface area contributed by atoms with Crippen molar-refractivity contribution >= 4 is 5.91 Å². The Hall–Kier alpha value is -1.43. The first kappa shape index (κ1) is 15.0. The summed E-state index contributed by atoms with van der Waals surface area (Å²) in [4.78, 5) is 18.7. The molecule has 1 fully saturated rings. The summed E-state index contributed by atoms with van der Waals surface area (Å²) in [6.07, 6.45) is 4.39. The van der Waals surface area contributed by atoms with Crippen molar-refractivity contribution in [2.24, 2.45) is 13.0 Å². The summed E-state index contributed by atoms with van der Waals surface area (Å²) in [7, 11) is 1.84. The number of hydrogen-bond donors (Lipinski definition) is 1. The van der Waals surface area contributed by atoms with E-state index in [9.17, 15) is 4.79 Å². The molecule has 6 nitrogen and oxygen atoms in total. The number of nitrogens with one attached hydrogen (secondary N) is 1. The Morgan fingerprint density at radius 2 is 2.20 bits per heavy atom. The maximum Gasteiger partial charge on any atom is 0.220 e. The van der Waals surface area contributed by atoms with Gasteiger partial charge in [0.2, 0.25) is 5.91 Å². The summed E-state index contributed by atoms with van der Waals surface area (Å²) in [6, 6.07) is -0.0919. The average Bonchev–Trinajstić information content (AvgIpc) is 2.86. The first-order valence-corrected chi connectivity index (χ1v) is 7.45. The molecular weight excluding hydrogens is 254 g/mol. The maximum absolute atomic E-state index is 12.1. The number of rotatable bonds is 5. The van der Waals surface area contributed by atoms with Crippen LogP contribution in [0, 0.1) is 5.92 Å². The second-order valence-corrected chi connectivity index (χ2v) is 5.61. The van der Waals surface area contributed by atoms with Crippen molar-refractivity contribution in [3.05, 3.63) is 12.2 Å². The Morgan fingerprint density at radius 1 is 1.50 bits per heavy atom. The van der Waals surface area contributed by atoms with E-state index in [4.69, 9.17) is 0 Å². The average molecular weight is 279 g/mol. The van der Waals surface area contributed by atoms with E-state index < -0.39 is 0 Å². The molecule has 2 rings (SSSR count). The SMILES string of the molecule is CCN1CCC(CC(=O)N[C@H](C)c2ncnn2C)CC1. The van der Waals surface area contributed by atoms with Crippen LogP contribution >= 0.6 is 0 Å². The van der Waals surface area contributed by atoms with Gasteiger partial charge in [0.25, 0.3) is 0 Å². The quantitative estimate of drug-likeness (QED) is 0.877. The van der Waals surface area contributed by atoms with Crippen LogP contribution in [0.4, 0.5) is 0 Å². The van der Waals surface area contributed by atoms with Crippen LogP contribution in [0.1, 0.15) is 45.0 Å². The molecule has 0 aliphatic carbocycles. The second-order valence-electron chi connectivity index (χ2n) is 5.61. The molecule has 1 aromatic heterocycles. The van der Waals surface area contributed by atoms with Crippen molar-refractivity contribution in [3.8, 4) is 0 Å². The Kier molecular flexibility index (Phi) is 5.11. The highest BCUT2D eigenvalue weighted by Gasteiger charge is 2.22. The van der Waals surface area contributed by atoms with Crippen LogP contribution < -0.4 is 5.32 Å². The van der Waals surface area contributed by atoms with Crippen LogP contribution in [0.2, 0.25) is 0 Å². The first-order chi connectivity index (χ1) is 9.60. The molecular formula is C14H25N5O. The highest BCUT2D eigenvalue weighted by molar-refractivity contribution is 5.76. The predicted octanol–water partition coefficient (Wildman–Crippen LogP) is 1.11. The molecule has 112 valence electrons. The van der Waals surface area contributed by atoms with E-state index >= 15 is 0 Å². The smallest absolute Gasteiger partial charge is 0.220 e. The van der Waals surface area contributed by atoms with Gasteiger partial charge >= 0.3 is 0 Å². The molecule has 20 heavy (non-hydrogen) atoms. The van der Waals surface area contributed by atoms with Gasteiger partial charge in [-0.25, -0.2) is 4.98 Å². The van der Waals surface area contributed by atoms with E-state index in [1.54, 1.807) is 4.68 Å². The molecule has 0 saturated carbocycles. The van der Waals surface area contributed by atoms with Crippen LogP contribution in [-0.4, -0.2) is 45.2 Å². The van der Waals surface area contributed by atoms with Crippen LogP contribution in [0.3, 0.4) is 0 Å². The van der Waals surface area contributed by atoms with Gasteiger partial charge in [-0.15, -0.1) is 0 Å². The fourth-order valence-electron chi connectivity index (χ4n) is 2.83. The molecule has 6 heteroatoms. The zero-order valence-electron chi connectivity index (χ0n) is 12.7. The van der Waals surface area contributed by atoms with E-state index in [0.29, 0.717) is 12.3 Å². The van der Waals surface area contributed by atoms with E-state index in [0.717, 1.165) is 38.3 Å². The molecule has 1 atom stereocenters. The van der Waals surface area contributed by atoms with Crippen LogP contribution in [0.25, 0.3) is 0 Å². The lowest BCUT2D eigenvalue weighted by atomic mass is 9.93.